The van der Waals surface area contributed by atoms with E-state index >= 15 is 0 Å². The molecule has 11 heteroatoms. The lowest BCUT2D eigenvalue weighted by Crippen LogP contribution is -2.60. The van der Waals surface area contributed by atoms with Crippen molar-refractivity contribution in [3.63, 3.8) is 0 Å². The maximum Gasteiger partial charge on any atom is 0.305 e. The van der Waals surface area contributed by atoms with E-state index < -0.39 is 49.5 Å². The van der Waals surface area contributed by atoms with Crippen LogP contribution in [0.5, 0.6) is 0 Å². The maximum absolute atomic E-state index is 13.0. The predicted molar refractivity (Wildman–Crippen MR) is 283 cm³/mol. The molecule has 1 aliphatic rings. The molecule has 69 heavy (non-hydrogen) atoms. The van der Waals surface area contributed by atoms with Crippen LogP contribution in [-0.2, 0) is 23.8 Å². The molecule has 6 N–H and O–H groups in total. The molecule has 7 atom stereocenters. The number of unbranched alkanes of at least 4 members (excludes halogenated alkanes) is 37. The zero-order valence-corrected chi connectivity index (χ0v) is 44.8. The van der Waals surface area contributed by atoms with Crippen LogP contribution in [-0.4, -0.2) is 100 Å². The minimum atomic E-state index is -1.57. The molecule has 0 saturated carbocycles. The SMILES string of the molecule is CCCCCCCCC/C=C/C(O)C(COC1OC(CO)C(O)C(O)C1O)NC(=O)CCCCCCCCCCCCCCCCCCCCCOC(=O)CCCCCCCCCCCCCCC. The number of ether oxygens (including phenoxy) is 3. The quantitative estimate of drug-likeness (QED) is 0.0195. The number of hydrogen-bond donors (Lipinski definition) is 6. The normalized spacial score (nSPS) is 19.3. The van der Waals surface area contributed by atoms with Crippen molar-refractivity contribution in [2.75, 3.05) is 19.8 Å². The molecular formula is C58H111NO10. The second-order valence-corrected chi connectivity index (χ2v) is 20.7. The Morgan fingerprint density at radius 2 is 0.913 bits per heavy atom. The Labute approximate surface area is 423 Å². The monoisotopic (exact) mass is 982 g/mol. The number of carbonyl (C=O) groups is 2. The van der Waals surface area contributed by atoms with Gasteiger partial charge in [-0.2, -0.15) is 0 Å². The van der Waals surface area contributed by atoms with E-state index in [1.807, 2.05) is 6.08 Å². The van der Waals surface area contributed by atoms with Gasteiger partial charge in [0.1, 0.15) is 24.4 Å². The highest BCUT2D eigenvalue weighted by Gasteiger charge is 2.44. The number of esters is 1. The van der Waals surface area contributed by atoms with Gasteiger partial charge < -0.3 is 45.1 Å². The standard InChI is InChI=1S/C58H111NO10/c1-3-5-7-9-11-13-14-22-26-30-34-38-42-46-54(63)67-47-43-39-35-31-27-24-21-19-17-15-16-18-20-23-25-29-33-37-41-45-53(62)59-50(51(61)44-40-36-32-28-12-10-8-6-4-2)49-68-58-57(66)56(65)55(64)52(48-60)69-58/h40,44,50-52,55-58,60-61,64-66H,3-39,41-43,45-49H2,1-2H3,(H,59,62)/b44-40+. The zero-order valence-electron chi connectivity index (χ0n) is 44.8. The summed E-state index contributed by atoms with van der Waals surface area (Å²) in [4.78, 5) is 25.0. The largest absolute Gasteiger partial charge is 0.466 e. The third-order valence-corrected chi connectivity index (χ3v) is 14.2. The summed E-state index contributed by atoms with van der Waals surface area (Å²) in [7, 11) is 0. The van der Waals surface area contributed by atoms with E-state index in [-0.39, 0.29) is 18.5 Å². The third kappa shape index (κ3) is 38.7. The van der Waals surface area contributed by atoms with Gasteiger partial charge in [0.2, 0.25) is 5.91 Å². The van der Waals surface area contributed by atoms with Gasteiger partial charge in [0.25, 0.3) is 0 Å². The van der Waals surface area contributed by atoms with Gasteiger partial charge in [-0.25, -0.2) is 0 Å². The van der Waals surface area contributed by atoms with E-state index in [0.29, 0.717) is 19.4 Å². The average molecular weight is 983 g/mol. The lowest BCUT2D eigenvalue weighted by atomic mass is 9.99. The lowest BCUT2D eigenvalue weighted by Gasteiger charge is -2.40. The van der Waals surface area contributed by atoms with Crippen molar-refractivity contribution in [3.05, 3.63) is 12.2 Å². The van der Waals surface area contributed by atoms with Crippen LogP contribution in [0.4, 0.5) is 0 Å². The molecule has 0 aromatic carbocycles. The summed E-state index contributed by atoms with van der Waals surface area (Å²) in [6.07, 6.45) is 46.0. The van der Waals surface area contributed by atoms with E-state index in [1.54, 1.807) is 6.08 Å². The van der Waals surface area contributed by atoms with Crippen LogP contribution in [0.15, 0.2) is 12.2 Å². The Hall–Kier alpha value is -1.60. The van der Waals surface area contributed by atoms with E-state index in [2.05, 4.69) is 19.2 Å². The minimum Gasteiger partial charge on any atom is -0.466 e. The average Bonchev–Trinajstić information content (AvgIpc) is 3.34. The van der Waals surface area contributed by atoms with Crippen LogP contribution < -0.4 is 5.32 Å². The maximum atomic E-state index is 13.0. The molecular weight excluding hydrogens is 871 g/mol. The molecule has 0 aliphatic carbocycles. The Balaban J connectivity index is 2.02. The van der Waals surface area contributed by atoms with Gasteiger partial charge in [-0.15, -0.1) is 0 Å². The number of aliphatic hydroxyl groups is 5. The van der Waals surface area contributed by atoms with Crippen LogP contribution >= 0.6 is 0 Å². The summed E-state index contributed by atoms with van der Waals surface area (Å²) >= 11 is 0. The van der Waals surface area contributed by atoms with Crippen molar-refractivity contribution in [1.82, 2.24) is 5.32 Å². The van der Waals surface area contributed by atoms with Crippen molar-refractivity contribution < 1.29 is 49.3 Å². The second kappa shape index (κ2) is 48.7. The van der Waals surface area contributed by atoms with E-state index in [9.17, 15) is 35.1 Å². The number of carbonyl (C=O) groups excluding carboxylic acids is 2. The molecule has 0 spiro atoms. The zero-order chi connectivity index (χ0) is 50.3. The van der Waals surface area contributed by atoms with Crippen molar-refractivity contribution in [3.8, 4) is 0 Å². The number of allylic oxidation sites excluding steroid dienone is 1. The molecule has 7 unspecified atom stereocenters. The summed E-state index contributed by atoms with van der Waals surface area (Å²) in [5.41, 5.74) is 0. The molecule has 408 valence electrons. The fraction of sp³-hybridized carbons (Fsp3) is 0.931. The third-order valence-electron chi connectivity index (χ3n) is 14.2. The Morgan fingerprint density at radius 1 is 0.522 bits per heavy atom. The molecule has 0 aromatic rings. The lowest BCUT2D eigenvalue weighted by molar-refractivity contribution is -0.302. The fourth-order valence-electron chi connectivity index (χ4n) is 9.44. The van der Waals surface area contributed by atoms with Gasteiger partial charge in [-0.1, -0.05) is 251 Å². The first-order valence-electron chi connectivity index (χ1n) is 29.5. The number of amides is 1. The Morgan fingerprint density at radius 3 is 1.35 bits per heavy atom. The fourth-order valence-corrected chi connectivity index (χ4v) is 9.44. The highest BCUT2D eigenvalue weighted by molar-refractivity contribution is 5.76. The predicted octanol–water partition coefficient (Wildman–Crippen LogP) is 13.2. The van der Waals surface area contributed by atoms with Gasteiger partial charge in [0.05, 0.1) is 32.0 Å². The van der Waals surface area contributed by atoms with Crippen LogP contribution in [0.3, 0.4) is 0 Å². The smallest absolute Gasteiger partial charge is 0.305 e. The van der Waals surface area contributed by atoms with E-state index in [0.717, 1.165) is 64.2 Å². The topological polar surface area (TPSA) is 175 Å². The number of hydrogen-bond acceptors (Lipinski definition) is 10. The van der Waals surface area contributed by atoms with Crippen molar-refractivity contribution in [1.29, 1.82) is 0 Å². The first kappa shape index (κ1) is 65.4. The minimum absolute atomic E-state index is 0.00402. The van der Waals surface area contributed by atoms with Crippen molar-refractivity contribution in [2.45, 2.75) is 326 Å². The van der Waals surface area contributed by atoms with Crippen molar-refractivity contribution >= 4 is 11.9 Å². The van der Waals surface area contributed by atoms with Gasteiger partial charge in [0.15, 0.2) is 6.29 Å². The molecule has 1 saturated heterocycles. The van der Waals surface area contributed by atoms with Gasteiger partial charge in [0, 0.05) is 12.8 Å². The molecule has 1 amide bonds. The number of nitrogens with one attached hydrogen (secondary N) is 1. The number of rotatable bonds is 51. The van der Waals surface area contributed by atoms with Crippen molar-refractivity contribution in [2.24, 2.45) is 0 Å². The first-order chi connectivity index (χ1) is 33.7. The summed E-state index contributed by atoms with van der Waals surface area (Å²) in [6.45, 7) is 4.32. The Kier molecular flexibility index (Phi) is 46.1. The first-order valence-corrected chi connectivity index (χ1v) is 29.5. The second-order valence-electron chi connectivity index (χ2n) is 20.7. The molecule has 1 heterocycles. The van der Waals surface area contributed by atoms with E-state index in [1.165, 1.54) is 193 Å². The summed E-state index contributed by atoms with van der Waals surface area (Å²) in [6, 6.07) is -0.809. The number of aliphatic hydroxyl groups excluding tert-OH is 5. The highest BCUT2D eigenvalue weighted by Crippen LogP contribution is 2.23. The molecule has 0 radical (unpaired) electrons. The summed E-state index contributed by atoms with van der Waals surface area (Å²) < 4.78 is 16.7. The van der Waals surface area contributed by atoms with Crippen LogP contribution in [0, 0.1) is 0 Å². The summed E-state index contributed by atoms with van der Waals surface area (Å²) in [5, 5.41) is 54.2. The van der Waals surface area contributed by atoms with Crippen LogP contribution in [0.2, 0.25) is 0 Å². The molecule has 0 bridgehead atoms. The van der Waals surface area contributed by atoms with Gasteiger partial charge in [-0.05, 0) is 32.1 Å². The van der Waals surface area contributed by atoms with Crippen LogP contribution in [0.25, 0.3) is 0 Å². The molecule has 1 fully saturated rings. The highest BCUT2D eigenvalue weighted by atomic mass is 16.7. The van der Waals surface area contributed by atoms with Gasteiger partial charge in [-0.3, -0.25) is 9.59 Å². The molecule has 0 aromatic heterocycles. The van der Waals surface area contributed by atoms with E-state index in [4.69, 9.17) is 14.2 Å². The molecule has 11 nitrogen and oxygen atoms in total. The van der Waals surface area contributed by atoms with Gasteiger partial charge >= 0.3 is 5.97 Å². The summed E-state index contributed by atoms with van der Waals surface area (Å²) in [5.74, 6) is -0.190. The Bertz CT molecular complexity index is 1160. The van der Waals surface area contributed by atoms with Crippen LogP contribution in [0.1, 0.15) is 284 Å². The molecule has 1 rings (SSSR count). The molecule has 1 aliphatic heterocycles.